The minimum absolute atomic E-state index is 0.264. The molecule has 0 saturated carbocycles. The third kappa shape index (κ3) is 5.73. The maximum Gasteiger partial charge on any atom is 0.255 e. The number of hydrogen-bond donors (Lipinski definition) is 2. The van der Waals surface area contributed by atoms with E-state index >= 15 is 0 Å². The van der Waals surface area contributed by atoms with Crippen molar-refractivity contribution >= 4 is 33.0 Å². The van der Waals surface area contributed by atoms with Crippen molar-refractivity contribution in [1.29, 1.82) is 0 Å². The Morgan fingerprint density at radius 3 is 2.28 bits per heavy atom. The minimum atomic E-state index is -3.49. The van der Waals surface area contributed by atoms with Crippen LogP contribution in [0.25, 0.3) is 10.4 Å². The van der Waals surface area contributed by atoms with Crippen molar-refractivity contribution in [3.63, 3.8) is 0 Å². The maximum atomic E-state index is 12.8. The number of nitrogens with one attached hydrogen (secondary N) is 2. The highest BCUT2D eigenvalue weighted by molar-refractivity contribution is 7.92. The lowest BCUT2D eigenvalue weighted by molar-refractivity contribution is 0.102. The number of carbonyl (C=O) groups excluding carboxylic acids is 1. The van der Waals surface area contributed by atoms with E-state index in [2.05, 4.69) is 20.1 Å². The summed E-state index contributed by atoms with van der Waals surface area (Å²) in [5, 5.41) is 6.44. The van der Waals surface area contributed by atoms with Crippen LogP contribution in [0, 0.1) is 13.8 Å². The Morgan fingerprint density at radius 2 is 1.72 bits per heavy atom. The Labute approximate surface area is 171 Å². The van der Waals surface area contributed by atoms with Crippen LogP contribution in [0.3, 0.4) is 0 Å². The van der Waals surface area contributed by atoms with Crippen LogP contribution in [0.15, 0.2) is 35.4 Å². The summed E-state index contributed by atoms with van der Waals surface area (Å²) in [6, 6.07) is 8.47. The van der Waals surface area contributed by atoms with E-state index in [0.717, 1.165) is 17.4 Å². The molecule has 0 aliphatic rings. The lowest BCUT2D eigenvalue weighted by Gasteiger charge is -2.23. The van der Waals surface area contributed by atoms with Gasteiger partial charge in [0.25, 0.3) is 5.91 Å². The molecule has 154 valence electrons. The molecule has 0 atom stereocenters. The molecule has 0 bridgehead atoms. The molecule has 9 heteroatoms. The van der Waals surface area contributed by atoms with Gasteiger partial charge in [-0.2, -0.15) is 0 Å². The highest BCUT2D eigenvalue weighted by atomic mass is 32.2. The maximum absolute atomic E-state index is 12.8. The molecule has 8 nitrogen and oxygen atoms in total. The zero-order chi connectivity index (χ0) is 22.0. The molecule has 2 aromatic rings. The van der Waals surface area contributed by atoms with Crippen molar-refractivity contribution in [3.05, 3.63) is 63.0 Å². The number of carbonyl (C=O) groups is 1. The summed E-state index contributed by atoms with van der Waals surface area (Å²) < 4.78 is 26.0. The molecular weight excluding hydrogens is 390 g/mol. The number of aryl methyl sites for hydroxylation is 1. The van der Waals surface area contributed by atoms with E-state index in [1.807, 2.05) is 26.8 Å². The second kappa shape index (κ2) is 8.14. The molecule has 0 saturated heterocycles. The van der Waals surface area contributed by atoms with Gasteiger partial charge in [0.05, 0.1) is 11.9 Å². The molecule has 29 heavy (non-hydrogen) atoms. The van der Waals surface area contributed by atoms with Gasteiger partial charge >= 0.3 is 0 Å². The lowest BCUT2D eigenvalue weighted by atomic mass is 9.85. The monoisotopic (exact) mass is 415 g/mol. The van der Waals surface area contributed by atoms with Crippen molar-refractivity contribution in [2.75, 3.05) is 16.3 Å². The fraction of sp³-hybridized carbons (Fsp3) is 0.350. The van der Waals surface area contributed by atoms with Crippen LogP contribution in [-0.4, -0.2) is 20.6 Å². The molecule has 0 radical (unpaired) electrons. The average Bonchev–Trinajstić information content (AvgIpc) is 2.58. The van der Waals surface area contributed by atoms with Crippen molar-refractivity contribution in [2.45, 2.75) is 40.0 Å². The molecule has 1 amide bonds. The Bertz CT molecular complexity index is 1110. The molecule has 0 aliphatic carbocycles. The summed E-state index contributed by atoms with van der Waals surface area (Å²) in [5.41, 5.74) is 12.2. The van der Waals surface area contributed by atoms with Gasteiger partial charge in [-0.15, -0.1) is 0 Å². The summed E-state index contributed by atoms with van der Waals surface area (Å²) >= 11 is 0. The summed E-state index contributed by atoms with van der Waals surface area (Å²) in [4.78, 5) is 15.6. The fourth-order valence-corrected chi connectivity index (χ4v) is 3.30. The minimum Gasteiger partial charge on any atom is -0.322 e. The first-order chi connectivity index (χ1) is 13.3. The number of hydrogen-bond acceptors (Lipinski definition) is 4. The quantitative estimate of drug-likeness (QED) is 0.398. The molecule has 2 N–H and O–H groups in total. The highest BCUT2D eigenvalue weighted by Gasteiger charge is 2.20. The second-order valence-corrected chi connectivity index (χ2v) is 9.71. The zero-order valence-corrected chi connectivity index (χ0v) is 18.2. The van der Waals surface area contributed by atoms with Crippen LogP contribution in [0.5, 0.6) is 0 Å². The molecule has 2 rings (SSSR count). The van der Waals surface area contributed by atoms with Gasteiger partial charge in [-0.3, -0.25) is 9.52 Å². The number of sulfonamides is 1. The van der Waals surface area contributed by atoms with E-state index in [1.165, 1.54) is 6.07 Å². The Morgan fingerprint density at radius 1 is 1.10 bits per heavy atom. The van der Waals surface area contributed by atoms with Crippen LogP contribution in [-0.2, 0) is 15.4 Å². The second-order valence-electron chi connectivity index (χ2n) is 7.97. The van der Waals surface area contributed by atoms with Gasteiger partial charge in [0.15, 0.2) is 0 Å². The molecule has 0 aliphatic heterocycles. The van der Waals surface area contributed by atoms with Crippen LogP contribution in [0.2, 0.25) is 0 Å². The van der Waals surface area contributed by atoms with E-state index in [-0.39, 0.29) is 11.3 Å². The van der Waals surface area contributed by atoms with Crippen LogP contribution in [0.1, 0.15) is 47.8 Å². The fourth-order valence-electron chi connectivity index (χ4n) is 2.68. The van der Waals surface area contributed by atoms with E-state index in [4.69, 9.17) is 5.53 Å². The first kappa shape index (κ1) is 22.3. The van der Waals surface area contributed by atoms with Crippen molar-refractivity contribution in [2.24, 2.45) is 5.11 Å². The Balaban J connectivity index is 2.51. The lowest BCUT2D eigenvalue weighted by Crippen LogP contribution is -2.18. The van der Waals surface area contributed by atoms with Gasteiger partial charge in [0, 0.05) is 21.8 Å². The molecular formula is C20H25N5O3S. The third-order valence-electron chi connectivity index (χ3n) is 4.44. The normalized spacial score (nSPS) is 11.5. The molecule has 0 unspecified atom stereocenters. The van der Waals surface area contributed by atoms with Gasteiger partial charge in [-0.1, -0.05) is 32.0 Å². The van der Waals surface area contributed by atoms with Crippen molar-refractivity contribution in [3.8, 4) is 0 Å². The average molecular weight is 416 g/mol. The largest absolute Gasteiger partial charge is 0.322 e. The predicted molar refractivity (Wildman–Crippen MR) is 116 cm³/mol. The number of nitrogens with zero attached hydrogens (tertiary/aromatic N) is 3. The first-order valence-corrected chi connectivity index (χ1v) is 10.8. The number of amides is 1. The number of rotatable bonds is 5. The third-order valence-corrected chi connectivity index (χ3v) is 5.03. The van der Waals surface area contributed by atoms with Gasteiger partial charge in [-0.25, -0.2) is 8.42 Å². The summed E-state index contributed by atoms with van der Waals surface area (Å²) in [6.07, 6.45) is 1.08. The standard InChI is InChI=1S/C20H25N5O3S/c1-12-7-8-14(9-16(12)23-25-21)19(26)22-17-10-15(20(3,4)5)11-18(13(17)2)24-29(6,27)28/h7-11,24H,1-6H3,(H,22,26). The number of anilines is 2. The molecule has 0 spiro atoms. The first-order valence-electron chi connectivity index (χ1n) is 8.92. The van der Waals surface area contributed by atoms with E-state index in [0.29, 0.717) is 28.2 Å². The molecule has 0 fully saturated rings. The van der Waals surface area contributed by atoms with Crippen molar-refractivity contribution in [1.82, 2.24) is 0 Å². The summed E-state index contributed by atoms with van der Waals surface area (Å²) in [6.45, 7) is 9.51. The van der Waals surface area contributed by atoms with E-state index < -0.39 is 10.0 Å². The van der Waals surface area contributed by atoms with Crippen LogP contribution >= 0.6 is 0 Å². The topological polar surface area (TPSA) is 124 Å². The summed E-state index contributed by atoms with van der Waals surface area (Å²) in [7, 11) is -3.49. The zero-order valence-electron chi connectivity index (χ0n) is 17.4. The molecule has 2 aromatic carbocycles. The number of benzene rings is 2. The molecule has 0 aromatic heterocycles. The van der Waals surface area contributed by atoms with Gasteiger partial charge in [0.2, 0.25) is 10.0 Å². The van der Waals surface area contributed by atoms with Crippen LogP contribution in [0.4, 0.5) is 17.1 Å². The smallest absolute Gasteiger partial charge is 0.255 e. The highest BCUT2D eigenvalue weighted by Crippen LogP contribution is 2.33. The van der Waals surface area contributed by atoms with Gasteiger partial charge < -0.3 is 5.32 Å². The Kier molecular flexibility index (Phi) is 6.25. The van der Waals surface area contributed by atoms with Gasteiger partial charge in [-0.05, 0) is 65.7 Å². The number of azide groups is 1. The van der Waals surface area contributed by atoms with Crippen molar-refractivity contribution < 1.29 is 13.2 Å². The Hall–Kier alpha value is -3.03. The SMILES string of the molecule is Cc1ccc(C(=O)Nc2cc(C(C)(C)C)cc(NS(C)(=O)=O)c2C)cc1N=[N+]=[N-]. The molecule has 0 heterocycles. The van der Waals surface area contributed by atoms with Gasteiger partial charge in [0.1, 0.15) is 0 Å². The van der Waals surface area contributed by atoms with E-state index in [1.54, 1.807) is 32.0 Å². The summed E-state index contributed by atoms with van der Waals surface area (Å²) in [5.74, 6) is -0.390. The predicted octanol–water partition coefficient (Wildman–Crippen LogP) is 5.17. The van der Waals surface area contributed by atoms with Crippen LogP contribution < -0.4 is 10.0 Å². The van der Waals surface area contributed by atoms with E-state index in [9.17, 15) is 13.2 Å².